The molecule has 3 aromatic rings. The van der Waals surface area contributed by atoms with E-state index < -0.39 is 22.5 Å². The van der Waals surface area contributed by atoms with Gasteiger partial charge in [-0.3, -0.25) is 18.2 Å². The number of hydrogen-bond acceptors (Lipinski definition) is 4. The van der Waals surface area contributed by atoms with Crippen LogP contribution in [0.4, 0.5) is 5.69 Å². The molecule has 0 aliphatic heterocycles. The van der Waals surface area contributed by atoms with Gasteiger partial charge in [0.15, 0.2) is 0 Å². The van der Waals surface area contributed by atoms with Crippen molar-refractivity contribution in [1.82, 2.24) is 14.5 Å². The van der Waals surface area contributed by atoms with Gasteiger partial charge in [-0.25, -0.2) is 13.2 Å². The molecular formula is C18H19ClN4O4S. The number of nitrogens with zero attached hydrogens (tertiary/aromatic N) is 3. The first kappa shape index (κ1) is 20.0. The van der Waals surface area contributed by atoms with E-state index in [1.54, 1.807) is 32.3 Å². The van der Waals surface area contributed by atoms with E-state index in [0.717, 1.165) is 4.31 Å². The van der Waals surface area contributed by atoms with Crippen LogP contribution in [0.3, 0.4) is 0 Å². The van der Waals surface area contributed by atoms with Crippen molar-refractivity contribution in [2.24, 2.45) is 14.1 Å². The fraction of sp³-hybridized carbons (Fsp3) is 0.222. The zero-order valence-electron chi connectivity index (χ0n) is 15.5. The highest BCUT2D eigenvalue weighted by molar-refractivity contribution is 7.92. The second kappa shape index (κ2) is 7.33. The molecule has 1 heterocycles. The number of carbonyl (C=O) groups is 1. The minimum absolute atomic E-state index is 0.0277. The number of hydrogen-bond donors (Lipinski definition) is 1. The maximum Gasteiger partial charge on any atom is 0.328 e. The van der Waals surface area contributed by atoms with E-state index in [1.807, 2.05) is 0 Å². The zero-order chi connectivity index (χ0) is 20.6. The van der Waals surface area contributed by atoms with Crippen molar-refractivity contribution >= 4 is 44.3 Å². The minimum atomic E-state index is -4.08. The molecule has 0 radical (unpaired) electrons. The molecule has 1 amide bonds. The van der Waals surface area contributed by atoms with Crippen LogP contribution in [-0.4, -0.2) is 37.1 Å². The Morgan fingerprint density at radius 2 is 1.68 bits per heavy atom. The van der Waals surface area contributed by atoms with E-state index in [9.17, 15) is 18.0 Å². The molecule has 10 heteroatoms. The van der Waals surface area contributed by atoms with Gasteiger partial charge in [0.1, 0.15) is 6.54 Å². The first-order chi connectivity index (χ1) is 13.2. The van der Waals surface area contributed by atoms with Crippen LogP contribution in [0.1, 0.15) is 0 Å². The predicted octanol–water partition coefficient (Wildman–Crippen LogP) is 1.47. The first-order valence-electron chi connectivity index (χ1n) is 8.31. The number of nitrogens with one attached hydrogen (secondary N) is 1. The molecule has 28 heavy (non-hydrogen) atoms. The SMILES string of the molecule is CNC(=O)CN(c1ccc(Cl)cc1)S(=O)(=O)c1ccc2c(c1)n(C)c(=O)n2C. The molecule has 0 spiro atoms. The number of aryl methyl sites for hydroxylation is 2. The number of fused-ring (bicyclic) bond motifs is 1. The van der Waals surface area contributed by atoms with Gasteiger partial charge in [0.05, 0.1) is 21.6 Å². The van der Waals surface area contributed by atoms with Gasteiger partial charge in [-0.1, -0.05) is 11.6 Å². The van der Waals surface area contributed by atoms with E-state index in [2.05, 4.69) is 5.32 Å². The van der Waals surface area contributed by atoms with Crippen molar-refractivity contribution in [2.75, 3.05) is 17.9 Å². The fourth-order valence-corrected chi connectivity index (χ4v) is 4.47. The highest BCUT2D eigenvalue weighted by Gasteiger charge is 2.28. The summed E-state index contributed by atoms with van der Waals surface area (Å²) >= 11 is 5.90. The standard InChI is InChI=1S/C18H19ClN4O4S/c1-20-17(24)11-23(13-6-4-12(19)5-7-13)28(26,27)14-8-9-15-16(10-14)22(3)18(25)21(15)2/h4-10H,11H2,1-3H3,(H,20,24). The molecule has 1 aromatic heterocycles. The van der Waals surface area contributed by atoms with Crippen LogP contribution in [0.5, 0.6) is 0 Å². The fourth-order valence-electron chi connectivity index (χ4n) is 2.91. The summed E-state index contributed by atoms with van der Waals surface area (Å²) in [6.45, 7) is -0.397. The molecule has 0 aliphatic carbocycles. The van der Waals surface area contributed by atoms with Crippen molar-refractivity contribution in [1.29, 1.82) is 0 Å². The number of imidazole rings is 1. The third-order valence-corrected chi connectivity index (χ3v) is 6.53. The monoisotopic (exact) mass is 422 g/mol. The molecule has 0 saturated heterocycles. The van der Waals surface area contributed by atoms with Crippen LogP contribution < -0.4 is 15.3 Å². The third-order valence-electron chi connectivity index (χ3n) is 4.51. The smallest absolute Gasteiger partial charge is 0.328 e. The number of likely N-dealkylation sites (N-methyl/N-ethyl adjacent to an activating group) is 1. The van der Waals surface area contributed by atoms with Crippen LogP contribution in [0.25, 0.3) is 11.0 Å². The highest BCUT2D eigenvalue weighted by Crippen LogP contribution is 2.27. The molecule has 8 nitrogen and oxygen atoms in total. The molecule has 0 aliphatic rings. The Bertz CT molecular complexity index is 1210. The van der Waals surface area contributed by atoms with Crippen LogP contribution in [0.2, 0.25) is 5.02 Å². The number of aromatic nitrogens is 2. The summed E-state index contributed by atoms with van der Waals surface area (Å²) < 4.78 is 30.5. The van der Waals surface area contributed by atoms with E-state index >= 15 is 0 Å². The first-order valence-corrected chi connectivity index (χ1v) is 10.1. The molecule has 3 rings (SSSR count). The van der Waals surface area contributed by atoms with E-state index in [-0.39, 0.29) is 10.6 Å². The van der Waals surface area contributed by atoms with E-state index in [0.29, 0.717) is 21.7 Å². The van der Waals surface area contributed by atoms with Crippen molar-refractivity contribution in [3.05, 3.63) is 58.0 Å². The summed E-state index contributed by atoms with van der Waals surface area (Å²) in [4.78, 5) is 24.1. The lowest BCUT2D eigenvalue weighted by atomic mass is 10.3. The Kier molecular flexibility index (Phi) is 5.22. The lowest BCUT2D eigenvalue weighted by Gasteiger charge is -2.24. The number of halogens is 1. The number of amides is 1. The van der Waals surface area contributed by atoms with Gasteiger partial charge in [0.25, 0.3) is 10.0 Å². The van der Waals surface area contributed by atoms with Crippen LogP contribution >= 0.6 is 11.6 Å². The summed E-state index contributed by atoms with van der Waals surface area (Å²) in [7, 11) is 0.540. The highest BCUT2D eigenvalue weighted by atomic mass is 35.5. The van der Waals surface area contributed by atoms with E-state index in [1.165, 1.54) is 40.4 Å². The van der Waals surface area contributed by atoms with Gasteiger partial charge in [0, 0.05) is 26.2 Å². The van der Waals surface area contributed by atoms with Crippen molar-refractivity contribution in [2.45, 2.75) is 4.90 Å². The minimum Gasteiger partial charge on any atom is -0.358 e. The predicted molar refractivity (Wildman–Crippen MR) is 108 cm³/mol. The Labute approximate surface area is 167 Å². The van der Waals surface area contributed by atoms with Crippen LogP contribution in [0, 0.1) is 0 Å². The van der Waals surface area contributed by atoms with Gasteiger partial charge < -0.3 is 5.32 Å². The maximum absolute atomic E-state index is 13.3. The van der Waals surface area contributed by atoms with Crippen LogP contribution in [-0.2, 0) is 28.9 Å². The average molecular weight is 423 g/mol. The van der Waals surface area contributed by atoms with Gasteiger partial charge in [0.2, 0.25) is 5.91 Å². The lowest BCUT2D eigenvalue weighted by molar-refractivity contribution is -0.119. The Hall–Kier alpha value is -2.78. The number of rotatable bonds is 5. The molecule has 2 aromatic carbocycles. The molecule has 0 bridgehead atoms. The normalized spacial score (nSPS) is 11.6. The quantitative estimate of drug-likeness (QED) is 0.673. The Morgan fingerprint density at radius 3 is 2.29 bits per heavy atom. The summed E-state index contributed by atoms with van der Waals surface area (Å²) in [6.07, 6.45) is 0. The topological polar surface area (TPSA) is 93.4 Å². The number of benzene rings is 2. The third kappa shape index (κ3) is 3.38. The molecule has 0 saturated carbocycles. The Balaban J connectivity index is 2.16. The summed E-state index contributed by atoms with van der Waals surface area (Å²) in [5, 5.41) is 2.88. The van der Waals surface area contributed by atoms with Crippen LogP contribution in [0.15, 0.2) is 52.2 Å². The molecule has 0 atom stereocenters. The second-order valence-electron chi connectivity index (χ2n) is 6.21. The Morgan fingerprint density at radius 1 is 1.07 bits per heavy atom. The van der Waals surface area contributed by atoms with Crippen molar-refractivity contribution in [3.8, 4) is 0 Å². The van der Waals surface area contributed by atoms with Gasteiger partial charge in [-0.05, 0) is 42.5 Å². The molecular weight excluding hydrogens is 404 g/mol. The lowest BCUT2D eigenvalue weighted by Crippen LogP contribution is -2.39. The molecule has 148 valence electrons. The number of sulfonamides is 1. The second-order valence-corrected chi connectivity index (χ2v) is 8.51. The van der Waals surface area contributed by atoms with Gasteiger partial charge in [-0.2, -0.15) is 0 Å². The summed E-state index contributed by atoms with van der Waals surface area (Å²) in [5.41, 5.74) is 1.12. The molecule has 1 N–H and O–H groups in total. The van der Waals surface area contributed by atoms with Gasteiger partial charge >= 0.3 is 5.69 Å². The number of carbonyl (C=O) groups excluding carboxylic acids is 1. The van der Waals surface area contributed by atoms with E-state index in [4.69, 9.17) is 11.6 Å². The van der Waals surface area contributed by atoms with Gasteiger partial charge in [-0.15, -0.1) is 0 Å². The number of anilines is 1. The summed E-state index contributed by atoms with van der Waals surface area (Å²) in [6, 6.07) is 10.6. The summed E-state index contributed by atoms with van der Waals surface area (Å²) in [5.74, 6) is -0.466. The molecule has 0 unspecified atom stereocenters. The maximum atomic E-state index is 13.3. The molecule has 0 fully saturated rings. The zero-order valence-corrected chi connectivity index (χ0v) is 17.1. The van der Waals surface area contributed by atoms with Crippen molar-refractivity contribution in [3.63, 3.8) is 0 Å². The average Bonchev–Trinajstić information content (AvgIpc) is 2.90. The largest absolute Gasteiger partial charge is 0.358 e. The van der Waals surface area contributed by atoms with Crippen molar-refractivity contribution < 1.29 is 13.2 Å².